The van der Waals surface area contributed by atoms with Gasteiger partial charge in [-0.05, 0) is 59.3 Å². The van der Waals surface area contributed by atoms with Gasteiger partial charge in [0.2, 0.25) is 0 Å². The van der Waals surface area contributed by atoms with Gasteiger partial charge in [-0.1, -0.05) is 30.3 Å². The molecule has 0 amide bonds. The predicted molar refractivity (Wildman–Crippen MR) is 132 cm³/mol. The highest BCUT2D eigenvalue weighted by atomic mass is 32.2. The number of anilines is 2. The smallest absolute Gasteiger partial charge is 0.262 e. The Morgan fingerprint density at radius 3 is 1.94 bits per heavy atom. The molecule has 10 heteroatoms. The Balaban J connectivity index is 1.55. The first-order valence-electron chi connectivity index (χ1n) is 10.1. The summed E-state index contributed by atoms with van der Waals surface area (Å²) in [5, 5.41) is 1.72. The molecule has 0 saturated carbocycles. The Hall–Kier alpha value is -3.76. The second-order valence-electron chi connectivity index (χ2n) is 7.31. The molecule has 2 N–H and O–H groups in total. The molecule has 0 saturated heterocycles. The number of benzene rings is 4. The zero-order valence-electron chi connectivity index (χ0n) is 18.3. The largest absolute Gasteiger partial charge is 0.497 e. The lowest BCUT2D eigenvalue weighted by atomic mass is 10.1. The van der Waals surface area contributed by atoms with E-state index in [1.165, 1.54) is 50.6 Å². The molecule has 176 valence electrons. The van der Waals surface area contributed by atoms with Crippen molar-refractivity contribution in [3.63, 3.8) is 0 Å². The molecule has 4 aromatic rings. The van der Waals surface area contributed by atoms with Crippen LogP contribution in [0, 0.1) is 0 Å². The molecule has 0 fully saturated rings. The monoisotopic (exact) mass is 498 g/mol. The maximum Gasteiger partial charge on any atom is 0.262 e. The van der Waals surface area contributed by atoms with Crippen LogP contribution in [0.25, 0.3) is 10.8 Å². The summed E-state index contributed by atoms with van der Waals surface area (Å²) in [5.41, 5.74) is 0.439. The zero-order chi connectivity index (χ0) is 24.3. The summed E-state index contributed by atoms with van der Waals surface area (Å²) in [6, 6.07) is 22.4. The number of hydrogen-bond acceptors (Lipinski definition) is 6. The molecule has 0 heterocycles. The highest BCUT2D eigenvalue weighted by molar-refractivity contribution is 7.93. The van der Waals surface area contributed by atoms with Crippen LogP contribution in [0.5, 0.6) is 11.5 Å². The van der Waals surface area contributed by atoms with Gasteiger partial charge in [0.05, 0.1) is 29.7 Å². The Labute approximate surface area is 198 Å². The van der Waals surface area contributed by atoms with Crippen LogP contribution in [0.2, 0.25) is 0 Å². The van der Waals surface area contributed by atoms with E-state index in [1.54, 1.807) is 24.3 Å². The summed E-state index contributed by atoms with van der Waals surface area (Å²) < 4.78 is 66.7. The third-order valence-electron chi connectivity index (χ3n) is 5.10. The predicted octanol–water partition coefficient (Wildman–Crippen LogP) is 4.46. The molecule has 34 heavy (non-hydrogen) atoms. The van der Waals surface area contributed by atoms with Gasteiger partial charge in [0.25, 0.3) is 20.0 Å². The van der Waals surface area contributed by atoms with Gasteiger partial charge < -0.3 is 9.47 Å². The second kappa shape index (κ2) is 9.24. The summed E-state index contributed by atoms with van der Waals surface area (Å²) in [4.78, 5) is 0.0562. The van der Waals surface area contributed by atoms with Gasteiger partial charge in [-0.2, -0.15) is 0 Å². The summed E-state index contributed by atoms with van der Waals surface area (Å²) in [6.45, 7) is 0. The van der Waals surface area contributed by atoms with E-state index in [-0.39, 0.29) is 21.2 Å². The minimum atomic E-state index is -3.97. The normalized spacial score (nSPS) is 11.7. The summed E-state index contributed by atoms with van der Waals surface area (Å²) in [5.74, 6) is 0.779. The number of sulfonamides is 2. The maximum absolute atomic E-state index is 12.9. The number of fused-ring (bicyclic) bond motifs is 1. The molecular weight excluding hydrogens is 476 g/mol. The van der Waals surface area contributed by atoms with E-state index in [0.29, 0.717) is 11.5 Å². The number of nitrogens with one attached hydrogen (secondary N) is 2. The van der Waals surface area contributed by atoms with Crippen molar-refractivity contribution in [2.24, 2.45) is 0 Å². The van der Waals surface area contributed by atoms with E-state index in [0.717, 1.165) is 10.8 Å². The fraction of sp³-hybridized carbons (Fsp3) is 0.0833. The molecule has 0 aliphatic heterocycles. The van der Waals surface area contributed by atoms with Gasteiger partial charge in [-0.25, -0.2) is 16.8 Å². The first-order chi connectivity index (χ1) is 16.2. The fourth-order valence-electron chi connectivity index (χ4n) is 3.35. The molecule has 0 spiro atoms. The quantitative estimate of drug-likeness (QED) is 0.371. The lowest BCUT2D eigenvalue weighted by Crippen LogP contribution is -2.15. The molecule has 0 radical (unpaired) electrons. The van der Waals surface area contributed by atoms with Crippen molar-refractivity contribution in [3.05, 3.63) is 84.9 Å². The van der Waals surface area contributed by atoms with Crippen molar-refractivity contribution in [1.29, 1.82) is 0 Å². The van der Waals surface area contributed by atoms with Crippen molar-refractivity contribution < 1.29 is 26.3 Å². The standard InChI is InChI=1S/C24H22N2O6S2/c1-31-20-10-14-24(32-2)23(16-20)26-33(27,28)21-12-8-19(9-13-21)25-34(29,30)22-11-7-17-5-3-4-6-18(17)15-22/h3-16,25-26H,1-2H3. The molecule has 0 aliphatic rings. The van der Waals surface area contributed by atoms with Crippen LogP contribution in [0.1, 0.15) is 0 Å². The molecular formula is C24H22N2O6S2. The van der Waals surface area contributed by atoms with Gasteiger partial charge in [-0.3, -0.25) is 9.44 Å². The first-order valence-corrected chi connectivity index (χ1v) is 13.0. The minimum Gasteiger partial charge on any atom is -0.497 e. The Kier molecular flexibility index (Phi) is 6.36. The highest BCUT2D eigenvalue weighted by Crippen LogP contribution is 2.31. The number of methoxy groups -OCH3 is 2. The number of rotatable bonds is 8. The summed E-state index contributed by atoms with van der Waals surface area (Å²) in [6.07, 6.45) is 0. The van der Waals surface area contributed by atoms with E-state index in [1.807, 2.05) is 24.3 Å². The molecule has 0 bridgehead atoms. The van der Waals surface area contributed by atoms with Gasteiger partial charge >= 0.3 is 0 Å². The van der Waals surface area contributed by atoms with Crippen LogP contribution in [-0.4, -0.2) is 31.1 Å². The zero-order valence-corrected chi connectivity index (χ0v) is 20.0. The SMILES string of the molecule is COc1ccc(OC)c(NS(=O)(=O)c2ccc(NS(=O)(=O)c3ccc4ccccc4c3)cc2)c1. The summed E-state index contributed by atoms with van der Waals surface area (Å²) >= 11 is 0. The molecule has 8 nitrogen and oxygen atoms in total. The van der Waals surface area contributed by atoms with Crippen LogP contribution in [0.3, 0.4) is 0 Å². The Morgan fingerprint density at radius 1 is 0.618 bits per heavy atom. The second-order valence-corrected chi connectivity index (χ2v) is 10.7. The van der Waals surface area contributed by atoms with Crippen molar-refractivity contribution in [2.45, 2.75) is 9.79 Å². The van der Waals surface area contributed by atoms with E-state index in [4.69, 9.17) is 9.47 Å². The molecule has 0 aliphatic carbocycles. The molecule has 0 atom stereocenters. The van der Waals surface area contributed by atoms with Crippen molar-refractivity contribution in [3.8, 4) is 11.5 Å². The maximum atomic E-state index is 12.9. The third kappa shape index (κ3) is 4.92. The van der Waals surface area contributed by atoms with Crippen LogP contribution >= 0.6 is 0 Å². The van der Waals surface area contributed by atoms with Gasteiger partial charge in [0, 0.05) is 11.8 Å². The van der Waals surface area contributed by atoms with Crippen molar-refractivity contribution in [1.82, 2.24) is 0 Å². The van der Waals surface area contributed by atoms with E-state index in [9.17, 15) is 16.8 Å². The summed E-state index contributed by atoms with van der Waals surface area (Å²) in [7, 11) is -4.94. The lowest BCUT2D eigenvalue weighted by molar-refractivity contribution is 0.405. The highest BCUT2D eigenvalue weighted by Gasteiger charge is 2.19. The average Bonchev–Trinajstić information content (AvgIpc) is 2.83. The fourth-order valence-corrected chi connectivity index (χ4v) is 5.50. The van der Waals surface area contributed by atoms with E-state index >= 15 is 0 Å². The Morgan fingerprint density at radius 2 is 1.26 bits per heavy atom. The molecule has 0 unspecified atom stereocenters. The van der Waals surface area contributed by atoms with Crippen molar-refractivity contribution in [2.75, 3.05) is 23.7 Å². The minimum absolute atomic E-state index is 0.0500. The van der Waals surface area contributed by atoms with Gasteiger partial charge in [-0.15, -0.1) is 0 Å². The van der Waals surface area contributed by atoms with Crippen LogP contribution in [-0.2, 0) is 20.0 Å². The van der Waals surface area contributed by atoms with E-state index in [2.05, 4.69) is 9.44 Å². The number of hydrogen-bond donors (Lipinski definition) is 2. The molecule has 0 aromatic heterocycles. The van der Waals surface area contributed by atoms with Crippen LogP contribution < -0.4 is 18.9 Å². The third-order valence-corrected chi connectivity index (χ3v) is 7.86. The van der Waals surface area contributed by atoms with Gasteiger partial charge in [0.15, 0.2) is 0 Å². The lowest BCUT2D eigenvalue weighted by Gasteiger charge is -2.14. The first kappa shape index (κ1) is 23.4. The molecule has 4 aromatic carbocycles. The Bertz CT molecular complexity index is 1550. The van der Waals surface area contributed by atoms with E-state index < -0.39 is 20.0 Å². The van der Waals surface area contributed by atoms with Crippen LogP contribution in [0.15, 0.2) is 94.7 Å². The topological polar surface area (TPSA) is 111 Å². The number of ether oxygens (including phenoxy) is 2. The molecule has 4 rings (SSSR count). The average molecular weight is 499 g/mol. The van der Waals surface area contributed by atoms with Crippen molar-refractivity contribution >= 4 is 42.2 Å². The van der Waals surface area contributed by atoms with Crippen LogP contribution in [0.4, 0.5) is 11.4 Å². The van der Waals surface area contributed by atoms with Gasteiger partial charge in [0.1, 0.15) is 11.5 Å².